The van der Waals surface area contributed by atoms with Crippen molar-refractivity contribution in [3.05, 3.63) is 41.0 Å². The molecule has 0 unspecified atom stereocenters. The molecular weight excluding hydrogens is 238 g/mol. The Morgan fingerprint density at radius 1 is 1.41 bits per heavy atom. The van der Waals surface area contributed by atoms with E-state index in [1.165, 1.54) is 0 Å². The van der Waals surface area contributed by atoms with Gasteiger partial charge in [0.1, 0.15) is 16.6 Å². The zero-order valence-electron chi connectivity index (χ0n) is 9.56. The van der Waals surface area contributed by atoms with Crippen molar-refractivity contribution < 1.29 is 4.74 Å². The summed E-state index contributed by atoms with van der Waals surface area (Å²) in [5, 5.41) is 4.59. The molecule has 0 radical (unpaired) electrons. The standard InChI is InChI=1S/C12H14ClN3O/c1-2-17-11-6-4-3-5-9(11)8-16-12(14)10(13)7-15-16/h3-7H,2,8,14H2,1H3. The van der Waals surface area contributed by atoms with Gasteiger partial charge in [-0.25, -0.2) is 4.68 Å². The summed E-state index contributed by atoms with van der Waals surface area (Å²) < 4.78 is 7.19. The summed E-state index contributed by atoms with van der Waals surface area (Å²) in [6, 6.07) is 7.81. The lowest BCUT2D eigenvalue weighted by molar-refractivity contribution is 0.335. The summed E-state index contributed by atoms with van der Waals surface area (Å²) in [4.78, 5) is 0. The van der Waals surface area contributed by atoms with Gasteiger partial charge >= 0.3 is 0 Å². The molecule has 0 aliphatic rings. The van der Waals surface area contributed by atoms with Crippen molar-refractivity contribution in [1.29, 1.82) is 0 Å². The second kappa shape index (κ2) is 5.10. The monoisotopic (exact) mass is 251 g/mol. The molecule has 90 valence electrons. The highest BCUT2D eigenvalue weighted by atomic mass is 35.5. The Hall–Kier alpha value is -1.68. The highest BCUT2D eigenvalue weighted by Crippen LogP contribution is 2.22. The van der Waals surface area contributed by atoms with E-state index < -0.39 is 0 Å². The first kappa shape index (κ1) is 11.8. The lowest BCUT2D eigenvalue weighted by Crippen LogP contribution is -2.07. The van der Waals surface area contributed by atoms with Crippen molar-refractivity contribution >= 4 is 17.4 Å². The SMILES string of the molecule is CCOc1ccccc1Cn1ncc(Cl)c1N. The number of benzene rings is 1. The molecule has 4 nitrogen and oxygen atoms in total. The molecule has 5 heteroatoms. The molecule has 0 amide bonds. The van der Waals surface area contributed by atoms with Crippen LogP contribution < -0.4 is 10.5 Å². The molecule has 2 N–H and O–H groups in total. The third-order valence-electron chi connectivity index (χ3n) is 2.43. The number of hydrogen-bond donors (Lipinski definition) is 1. The maximum absolute atomic E-state index is 5.86. The van der Waals surface area contributed by atoms with E-state index in [9.17, 15) is 0 Å². The molecule has 0 aliphatic carbocycles. The normalized spacial score (nSPS) is 10.5. The van der Waals surface area contributed by atoms with Crippen molar-refractivity contribution in [3.63, 3.8) is 0 Å². The Morgan fingerprint density at radius 3 is 2.82 bits per heavy atom. The van der Waals surface area contributed by atoms with Gasteiger partial charge in [-0.1, -0.05) is 29.8 Å². The lowest BCUT2D eigenvalue weighted by Gasteiger charge is -2.10. The molecule has 2 aromatic rings. The topological polar surface area (TPSA) is 53.1 Å². The number of anilines is 1. The van der Waals surface area contributed by atoms with Crippen molar-refractivity contribution in [2.75, 3.05) is 12.3 Å². The average Bonchev–Trinajstić information content (AvgIpc) is 2.64. The van der Waals surface area contributed by atoms with Gasteiger partial charge < -0.3 is 10.5 Å². The summed E-state index contributed by atoms with van der Waals surface area (Å²) in [5.41, 5.74) is 6.83. The van der Waals surface area contributed by atoms with Crippen LogP contribution in [0.3, 0.4) is 0 Å². The smallest absolute Gasteiger partial charge is 0.140 e. The number of para-hydroxylation sites is 1. The van der Waals surface area contributed by atoms with Gasteiger partial charge in [0.25, 0.3) is 0 Å². The van der Waals surface area contributed by atoms with Gasteiger partial charge in [0, 0.05) is 5.56 Å². The zero-order chi connectivity index (χ0) is 12.3. The Morgan fingerprint density at radius 2 is 2.18 bits per heavy atom. The fraction of sp³-hybridized carbons (Fsp3) is 0.250. The maximum Gasteiger partial charge on any atom is 0.140 e. The van der Waals surface area contributed by atoms with E-state index in [0.717, 1.165) is 11.3 Å². The largest absolute Gasteiger partial charge is 0.494 e. The van der Waals surface area contributed by atoms with Crippen molar-refractivity contribution in [2.45, 2.75) is 13.5 Å². The quantitative estimate of drug-likeness (QED) is 0.909. The second-order valence-corrected chi connectivity index (χ2v) is 3.98. The van der Waals surface area contributed by atoms with Gasteiger partial charge in [-0.2, -0.15) is 5.10 Å². The number of aromatic nitrogens is 2. The third-order valence-corrected chi connectivity index (χ3v) is 2.72. The average molecular weight is 252 g/mol. The van der Waals surface area contributed by atoms with E-state index in [1.807, 2.05) is 31.2 Å². The maximum atomic E-state index is 5.86. The number of hydrogen-bond acceptors (Lipinski definition) is 3. The number of rotatable bonds is 4. The van der Waals surface area contributed by atoms with Gasteiger partial charge in [0.2, 0.25) is 0 Å². The predicted octanol–water partition coefficient (Wildman–Crippen LogP) is 2.57. The first-order chi connectivity index (χ1) is 8.22. The number of ether oxygens (including phenoxy) is 1. The number of nitrogen functional groups attached to an aromatic ring is 1. The van der Waals surface area contributed by atoms with E-state index in [0.29, 0.717) is 24.0 Å². The third kappa shape index (κ3) is 2.53. The van der Waals surface area contributed by atoms with Gasteiger partial charge in [-0.3, -0.25) is 0 Å². The molecule has 0 aliphatic heterocycles. The first-order valence-corrected chi connectivity index (χ1v) is 5.77. The molecular formula is C12H14ClN3O. The summed E-state index contributed by atoms with van der Waals surface area (Å²) in [6.45, 7) is 3.14. The fourth-order valence-corrected chi connectivity index (χ4v) is 1.73. The molecule has 0 fully saturated rings. The Kier molecular flexibility index (Phi) is 3.54. The molecule has 2 rings (SSSR count). The van der Waals surface area contributed by atoms with E-state index in [2.05, 4.69) is 5.10 Å². The minimum absolute atomic E-state index is 0.470. The lowest BCUT2D eigenvalue weighted by atomic mass is 10.2. The van der Waals surface area contributed by atoms with E-state index >= 15 is 0 Å². The van der Waals surface area contributed by atoms with Crippen LogP contribution in [-0.4, -0.2) is 16.4 Å². The van der Waals surface area contributed by atoms with Crippen molar-refractivity contribution in [1.82, 2.24) is 9.78 Å². The van der Waals surface area contributed by atoms with Crippen LogP contribution in [0, 0.1) is 0 Å². The molecule has 0 bridgehead atoms. The Bertz CT molecular complexity index is 510. The van der Waals surface area contributed by atoms with Gasteiger partial charge in [0.15, 0.2) is 0 Å². The Labute approximate surface area is 105 Å². The highest BCUT2D eigenvalue weighted by Gasteiger charge is 2.08. The summed E-state index contributed by atoms with van der Waals surface area (Å²) in [5.74, 6) is 1.32. The molecule has 0 saturated carbocycles. The summed E-state index contributed by atoms with van der Waals surface area (Å²) >= 11 is 5.86. The van der Waals surface area contributed by atoms with E-state index in [-0.39, 0.29) is 0 Å². The molecule has 17 heavy (non-hydrogen) atoms. The van der Waals surface area contributed by atoms with Gasteiger partial charge in [-0.05, 0) is 13.0 Å². The van der Waals surface area contributed by atoms with Crippen LogP contribution in [0.1, 0.15) is 12.5 Å². The van der Waals surface area contributed by atoms with Crippen LogP contribution >= 0.6 is 11.6 Å². The van der Waals surface area contributed by atoms with Crippen LogP contribution in [0.4, 0.5) is 5.82 Å². The predicted molar refractivity (Wildman–Crippen MR) is 68.4 cm³/mol. The zero-order valence-corrected chi connectivity index (χ0v) is 10.3. The van der Waals surface area contributed by atoms with Crippen LogP contribution in [0.5, 0.6) is 5.75 Å². The molecule has 1 heterocycles. The number of nitrogens with zero attached hydrogens (tertiary/aromatic N) is 2. The van der Waals surface area contributed by atoms with Gasteiger partial charge in [0.05, 0.1) is 19.3 Å². The van der Waals surface area contributed by atoms with Gasteiger partial charge in [-0.15, -0.1) is 0 Å². The van der Waals surface area contributed by atoms with Crippen molar-refractivity contribution in [3.8, 4) is 5.75 Å². The van der Waals surface area contributed by atoms with Crippen LogP contribution in [0.2, 0.25) is 5.02 Å². The minimum Gasteiger partial charge on any atom is -0.494 e. The summed E-state index contributed by atoms with van der Waals surface area (Å²) in [6.07, 6.45) is 1.54. The first-order valence-electron chi connectivity index (χ1n) is 5.40. The Balaban J connectivity index is 2.26. The van der Waals surface area contributed by atoms with Crippen LogP contribution in [0.15, 0.2) is 30.5 Å². The van der Waals surface area contributed by atoms with E-state index in [1.54, 1.807) is 10.9 Å². The molecule has 0 saturated heterocycles. The minimum atomic E-state index is 0.470. The molecule has 0 spiro atoms. The second-order valence-electron chi connectivity index (χ2n) is 3.58. The highest BCUT2D eigenvalue weighted by molar-refractivity contribution is 6.32. The number of halogens is 1. The molecule has 1 aromatic heterocycles. The number of nitrogens with two attached hydrogens (primary N) is 1. The molecule has 1 aromatic carbocycles. The summed E-state index contributed by atoms with van der Waals surface area (Å²) in [7, 11) is 0. The van der Waals surface area contributed by atoms with E-state index in [4.69, 9.17) is 22.1 Å². The fourth-order valence-electron chi connectivity index (χ4n) is 1.59. The van der Waals surface area contributed by atoms with Crippen LogP contribution in [-0.2, 0) is 6.54 Å². The van der Waals surface area contributed by atoms with Crippen LogP contribution in [0.25, 0.3) is 0 Å². The van der Waals surface area contributed by atoms with Crippen molar-refractivity contribution in [2.24, 2.45) is 0 Å². The molecule has 0 atom stereocenters.